The van der Waals surface area contributed by atoms with Crippen molar-refractivity contribution < 1.29 is 14.9 Å². The van der Waals surface area contributed by atoms with Crippen molar-refractivity contribution in [2.24, 2.45) is 0 Å². The number of halogens is 2. The molecule has 2 aromatic carbocycles. The smallest absolute Gasteiger partial charge is 0.139 e. The number of nitrogens with one attached hydrogen (secondary N) is 1. The van der Waals surface area contributed by atoms with E-state index in [9.17, 15) is 10.2 Å². The summed E-state index contributed by atoms with van der Waals surface area (Å²) in [5.41, 5.74) is 0.936. The van der Waals surface area contributed by atoms with Gasteiger partial charge in [0.1, 0.15) is 29.2 Å². The van der Waals surface area contributed by atoms with E-state index in [-0.39, 0.29) is 12.4 Å². The number of aliphatic hydroxyl groups excluding tert-OH is 1. The second-order valence-electron chi connectivity index (χ2n) is 4.82. The average Bonchev–Trinajstić information content (AvgIpc) is 2.49. The van der Waals surface area contributed by atoms with Crippen molar-refractivity contribution in [1.29, 1.82) is 0 Å². The molecular formula is C16H17Cl2NO3. The van der Waals surface area contributed by atoms with E-state index in [0.717, 1.165) is 5.56 Å². The van der Waals surface area contributed by atoms with E-state index in [4.69, 9.17) is 27.9 Å². The predicted octanol–water partition coefficient (Wildman–Crippen LogP) is 3.23. The molecule has 0 radical (unpaired) electrons. The predicted molar refractivity (Wildman–Crippen MR) is 87.8 cm³/mol. The molecule has 2 aromatic rings. The highest BCUT2D eigenvalue weighted by Crippen LogP contribution is 2.31. The van der Waals surface area contributed by atoms with Crippen LogP contribution in [0, 0.1) is 0 Å². The molecule has 1 unspecified atom stereocenters. The number of phenols is 1. The number of benzene rings is 2. The van der Waals surface area contributed by atoms with Crippen LogP contribution in [0.3, 0.4) is 0 Å². The van der Waals surface area contributed by atoms with Gasteiger partial charge in [-0.15, -0.1) is 0 Å². The lowest BCUT2D eigenvalue weighted by molar-refractivity contribution is 0.106. The van der Waals surface area contributed by atoms with Crippen molar-refractivity contribution >= 4 is 23.2 Å². The Morgan fingerprint density at radius 3 is 2.68 bits per heavy atom. The van der Waals surface area contributed by atoms with Crippen molar-refractivity contribution in [3.8, 4) is 11.5 Å². The molecule has 0 fully saturated rings. The Morgan fingerprint density at radius 2 is 1.91 bits per heavy atom. The first-order valence-electron chi connectivity index (χ1n) is 6.80. The minimum Gasteiger partial charge on any atom is -0.508 e. The van der Waals surface area contributed by atoms with Crippen molar-refractivity contribution in [3.05, 3.63) is 58.1 Å². The van der Waals surface area contributed by atoms with E-state index in [1.807, 2.05) is 6.07 Å². The van der Waals surface area contributed by atoms with Gasteiger partial charge in [0.15, 0.2) is 0 Å². The van der Waals surface area contributed by atoms with Crippen LogP contribution >= 0.6 is 23.2 Å². The summed E-state index contributed by atoms with van der Waals surface area (Å²) in [4.78, 5) is 0. The molecule has 0 saturated heterocycles. The van der Waals surface area contributed by atoms with Gasteiger partial charge < -0.3 is 20.3 Å². The van der Waals surface area contributed by atoms with E-state index in [2.05, 4.69) is 5.32 Å². The van der Waals surface area contributed by atoms with Gasteiger partial charge in [0.25, 0.3) is 0 Å². The van der Waals surface area contributed by atoms with Gasteiger partial charge in [0.05, 0.1) is 5.02 Å². The Kier molecular flexibility index (Phi) is 6.34. The van der Waals surface area contributed by atoms with Crippen LogP contribution in [0.4, 0.5) is 0 Å². The van der Waals surface area contributed by atoms with Gasteiger partial charge in [0.2, 0.25) is 0 Å². The quantitative estimate of drug-likeness (QED) is 0.723. The van der Waals surface area contributed by atoms with Crippen molar-refractivity contribution in [1.82, 2.24) is 5.32 Å². The van der Waals surface area contributed by atoms with Crippen LogP contribution in [0.5, 0.6) is 11.5 Å². The van der Waals surface area contributed by atoms with Crippen LogP contribution in [0.15, 0.2) is 42.5 Å². The summed E-state index contributed by atoms with van der Waals surface area (Å²) in [7, 11) is 0. The Hall–Kier alpha value is -1.46. The second-order valence-corrected chi connectivity index (χ2v) is 5.60. The van der Waals surface area contributed by atoms with E-state index in [0.29, 0.717) is 28.9 Å². The molecule has 0 aliphatic rings. The number of hydrogen-bond acceptors (Lipinski definition) is 4. The lowest BCUT2D eigenvalue weighted by atomic mass is 10.2. The molecule has 22 heavy (non-hydrogen) atoms. The second kappa shape index (κ2) is 8.25. The highest BCUT2D eigenvalue weighted by atomic mass is 35.5. The normalized spacial score (nSPS) is 12.1. The number of aliphatic hydroxyl groups is 1. The fraction of sp³-hybridized carbons (Fsp3) is 0.250. The fourth-order valence-corrected chi connectivity index (χ4v) is 2.24. The summed E-state index contributed by atoms with van der Waals surface area (Å²) >= 11 is 11.9. The SMILES string of the molecule is Oc1cccc(CNCC(O)COc2cccc(Cl)c2Cl)c1. The lowest BCUT2D eigenvalue weighted by Gasteiger charge is -2.14. The largest absolute Gasteiger partial charge is 0.508 e. The topological polar surface area (TPSA) is 61.7 Å². The molecule has 0 amide bonds. The first-order valence-corrected chi connectivity index (χ1v) is 7.55. The van der Waals surface area contributed by atoms with Gasteiger partial charge in [0, 0.05) is 13.1 Å². The third kappa shape index (κ3) is 5.07. The zero-order valence-electron chi connectivity index (χ0n) is 11.8. The number of ether oxygens (including phenoxy) is 1. The molecular weight excluding hydrogens is 325 g/mol. The van der Waals surface area contributed by atoms with Crippen LogP contribution in [-0.2, 0) is 6.54 Å². The maximum absolute atomic E-state index is 9.89. The zero-order chi connectivity index (χ0) is 15.9. The molecule has 0 aliphatic carbocycles. The van der Waals surface area contributed by atoms with Gasteiger partial charge >= 0.3 is 0 Å². The molecule has 0 aromatic heterocycles. The van der Waals surface area contributed by atoms with Gasteiger partial charge in [-0.1, -0.05) is 41.4 Å². The Morgan fingerprint density at radius 1 is 1.14 bits per heavy atom. The van der Waals surface area contributed by atoms with Gasteiger partial charge in [-0.3, -0.25) is 0 Å². The summed E-state index contributed by atoms with van der Waals surface area (Å²) in [6.45, 7) is 1.00. The molecule has 0 heterocycles. The number of phenolic OH excluding ortho intramolecular Hbond substituents is 1. The summed E-state index contributed by atoms with van der Waals surface area (Å²) in [5.74, 6) is 0.667. The molecule has 0 spiro atoms. The first kappa shape index (κ1) is 16.9. The molecule has 6 heteroatoms. The number of rotatable bonds is 7. The Bertz CT molecular complexity index is 622. The maximum atomic E-state index is 9.89. The zero-order valence-corrected chi connectivity index (χ0v) is 13.3. The van der Waals surface area contributed by atoms with Crippen LogP contribution in [0.25, 0.3) is 0 Å². The molecule has 1 atom stereocenters. The number of hydrogen-bond donors (Lipinski definition) is 3. The highest BCUT2D eigenvalue weighted by molar-refractivity contribution is 6.42. The summed E-state index contributed by atoms with van der Waals surface area (Å²) in [6.07, 6.45) is -0.688. The van der Waals surface area contributed by atoms with E-state index >= 15 is 0 Å². The molecule has 0 bridgehead atoms. The molecule has 4 nitrogen and oxygen atoms in total. The van der Waals surface area contributed by atoms with E-state index in [1.54, 1.807) is 36.4 Å². The van der Waals surface area contributed by atoms with E-state index in [1.165, 1.54) is 0 Å². The summed E-state index contributed by atoms with van der Waals surface area (Å²) < 4.78 is 5.45. The average molecular weight is 342 g/mol. The fourth-order valence-electron chi connectivity index (χ4n) is 1.89. The highest BCUT2D eigenvalue weighted by Gasteiger charge is 2.09. The molecule has 0 aliphatic heterocycles. The molecule has 0 saturated carbocycles. The Balaban J connectivity index is 1.74. The standard InChI is InChI=1S/C16H17Cl2NO3/c17-14-5-2-6-15(16(14)18)22-10-13(21)9-19-8-11-3-1-4-12(20)7-11/h1-7,13,19-21H,8-10H2. The summed E-state index contributed by atoms with van der Waals surface area (Å²) in [5, 5.41) is 23.1. The number of aromatic hydroxyl groups is 1. The van der Waals surface area contributed by atoms with Crippen molar-refractivity contribution in [3.63, 3.8) is 0 Å². The first-order chi connectivity index (χ1) is 10.6. The van der Waals surface area contributed by atoms with Crippen LogP contribution in [0.2, 0.25) is 10.0 Å². The minimum absolute atomic E-state index is 0.104. The lowest BCUT2D eigenvalue weighted by Crippen LogP contribution is -2.31. The van der Waals surface area contributed by atoms with Crippen LogP contribution in [-0.4, -0.2) is 29.5 Å². The minimum atomic E-state index is -0.688. The third-order valence-electron chi connectivity index (χ3n) is 2.97. The Labute approximate surface area is 139 Å². The molecule has 2 rings (SSSR count). The van der Waals surface area contributed by atoms with Gasteiger partial charge in [-0.25, -0.2) is 0 Å². The van der Waals surface area contributed by atoms with Gasteiger partial charge in [-0.2, -0.15) is 0 Å². The molecule has 118 valence electrons. The van der Waals surface area contributed by atoms with Gasteiger partial charge in [-0.05, 0) is 29.8 Å². The monoisotopic (exact) mass is 341 g/mol. The van der Waals surface area contributed by atoms with Crippen molar-refractivity contribution in [2.45, 2.75) is 12.6 Å². The maximum Gasteiger partial charge on any atom is 0.139 e. The van der Waals surface area contributed by atoms with Crippen LogP contribution in [0.1, 0.15) is 5.56 Å². The van der Waals surface area contributed by atoms with E-state index < -0.39 is 6.10 Å². The molecule has 3 N–H and O–H groups in total. The third-order valence-corrected chi connectivity index (χ3v) is 3.77. The summed E-state index contributed by atoms with van der Waals surface area (Å²) in [6, 6.07) is 12.0. The van der Waals surface area contributed by atoms with Crippen molar-refractivity contribution in [2.75, 3.05) is 13.2 Å². The van der Waals surface area contributed by atoms with Crippen LogP contribution < -0.4 is 10.1 Å².